The van der Waals surface area contributed by atoms with Gasteiger partial charge < -0.3 is 30.8 Å². The highest BCUT2D eigenvalue weighted by Crippen LogP contribution is 2.33. The number of nitrogens with two attached hydrogens (primary N) is 2. The summed E-state index contributed by atoms with van der Waals surface area (Å²) in [5.74, 6) is 1.31. The maximum absolute atomic E-state index is 9.95. The van der Waals surface area contributed by atoms with E-state index in [4.69, 9.17) is 30.8 Å². The molecule has 13 heteroatoms. The van der Waals surface area contributed by atoms with Crippen LogP contribution < -0.4 is 20.9 Å². The zero-order valence-corrected chi connectivity index (χ0v) is 23.4. The second-order valence-electron chi connectivity index (χ2n) is 9.75. The highest BCUT2D eigenvalue weighted by molar-refractivity contribution is 5.88. The number of fused-ring (bicyclic) bond motifs is 3. The van der Waals surface area contributed by atoms with Gasteiger partial charge in [-0.2, -0.15) is 10.2 Å². The van der Waals surface area contributed by atoms with Crippen molar-refractivity contribution in [3.8, 4) is 11.8 Å². The summed E-state index contributed by atoms with van der Waals surface area (Å²) >= 11 is 0. The standard InChI is InChI=1S/C26H39N9O4/c1-7-38-25-17-8-9-20-18(24(28)30-29-20)10-19(27)23-21(14-37-6)31-34(5)26(23)39-16(3)11-33(4)12-22(17)35(32-25)15(2)13-36/h8-10,15-16,36H,7,11-14,27H2,1-6H3,(H3,28,29,30)/b9-8+,19-10-. The van der Waals surface area contributed by atoms with E-state index < -0.39 is 0 Å². The van der Waals surface area contributed by atoms with Crippen molar-refractivity contribution in [3.05, 3.63) is 33.8 Å². The molecule has 39 heavy (non-hydrogen) atoms. The molecule has 0 fully saturated rings. The van der Waals surface area contributed by atoms with Gasteiger partial charge in [0.05, 0.1) is 48.4 Å². The van der Waals surface area contributed by atoms with Gasteiger partial charge in [-0.25, -0.2) is 4.68 Å². The van der Waals surface area contributed by atoms with Gasteiger partial charge in [-0.05, 0) is 46.0 Å². The number of rotatable bonds is 6. The van der Waals surface area contributed by atoms with E-state index in [1.54, 1.807) is 17.9 Å². The Morgan fingerprint density at radius 1 is 1.23 bits per heavy atom. The highest BCUT2D eigenvalue weighted by Gasteiger charge is 2.25. The van der Waals surface area contributed by atoms with Crippen molar-refractivity contribution in [1.29, 1.82) is 0 Å². The fraction of sp³-hybridized carbons (Fsp3) is 0.500. The number of nitrogens with zero attached hydrogens (tertiary/aromatic N) is 6. The van der Waals surface area contributed by atoms with E-state index in [-0.39, 0.29) is 25.4 Å². The molecule has 0 saturated carbocycles. The van der Waals surface area contributed by atoms with Gasteiger partial charge in [0.15, 0.2) is 5.82 Å². The molecule has 3 aromatic heterocycles. The fourth-order valence-electron chi connectivity index (χ4n) is 4.73. The molecule has 13 nitrogen and oxygen atoms in total. The number of hydrogen-bond donors (Lipinski definition) is 4. The van der Waals surface area contributed by atoms with Crippen molar-refractivity contribution in [2.24, 2.45) is 12.8 Å². The van der Waals surface area contributed by atoms with Crippen LogP contribution in [0.3, 0.4) is 0 Å². The number of anilines is 1. The Hall–Kier alpha value is -3.81. The summed E-state index contributed by atoms with van der Waals surface area (Å²) in [4.78, 5) is 2.14. The Balaban J connectivity index is 1.92. The number of aryl methyl sites for hydroxylation is 1. The Kier molecular flexibility index (Phi) is 8.63. The van der Waals surface area contributed by atoms with Gasteiger partial charge in [0.2, 0.25) is 11.8 Å². The number of aliphatic hydroxyl groups is 1. The zero-order chi connectivity index (χ0) is 28.3. The maximum Gasteiger partial charge on any atom is 0.240 e. The number of hydrogen-bond acceptors (Lipinski definition) is 10. The summed E-state index contributed by atoms with van der Waals surface area (Å²) in [6.45, 7) is 7.59. The number of nitrogens with one attached hydrogen (secondary N) is 1. The van der Waals surface area contributed by atoms with E-state index in [1.807, 2.05) is 51.7 Å². The predicted octanol–water partition coefficient (Wildman–Crippen LogP) is 1.86. The van der Waals surface area contributed by atoms with E-state index in [9.17, 15) is 5.11 Å². The van der Waals surface area contributed by atoms with Crippen LogP contribution in [0.25, 0.3) is 23.9 Å². The number of nitrogen functional groups attached to an aromatic ring is 1. The van der Waals surface area contributed by atoms with Crippen LogP contribution in [-0.2, 0) is 24.9 Å². The van der Waals surface area contributed by atoms with E-state index >= 15 is 0 Å². The molecule has 0 bridgehead atoms. The Morgan fingerprint density at radius 2 is 2.00 bits per heavy atom. The number of aliphatic hydroxyl groups excluding tert-OH is 1. The van der Waals surface area contributed by atoms with E-state index in [0.29, 0.717) is 65.5 Å². The Labute approximate surface area is 228 Å². The molecule has 0 saturated heterocycles. The molecule has 6 N–H and O–H groups in total. The van der Waals surface area contributed by atoms with Crippen LogP contribution in [0.5, 0.6) is 11.8 Å². The van der Waals surface area contributed by atoms with Gasteiger partial charge in [-0.15, -0.1) is 5.10 Å². The first-order valence-electron chi connectivity index (χ1n) is 12.9. The van der Waals surface area contributed by atoms with Crippen LogP contribution in [0.15, 0.2) is 0 Å². The van der Waals surface area contributed by atoms with Gasteiger partial charge in [0.25, 0.3) is 0 Å². The Morgan fingerprint density at radius 3 is 2.69 bits per heavy atom. The van der Waals surface area contributed by atoms with E-state index in [2.05, 4.69) is 20.2 Å². The van der Waals surface area contributed by atoms with Crippen molar-refractivity contribution < 1.29 is 19.3 Å². The number of aromatic amines is 1. The van der Waals surface area contributed by atoms with Crippen molar-refractivity contribution in [2.45, 2.75) is 46.1 Å². The van der Waals surface area contributed by atoms with Crippen LogP contribution in [0, 0.1) is 0 Å². The number of aromatic nitrogens is 6. The minimum absolute atomic E-state index is 0.0645. The minimum atomic E-state index is -0.247. The van der Waals surface area contributed by atoms with E-state index in [1.165, 1.54) is 0 Å². The topological polar surface area (TPSA) is 168 Å². The molecule has 2 atom stereocenters. The van der Waals surface area contributed by atoms with Gasteiger partial charge in [-0.1, -0.05) is 0 Å². The summed E-state index contributed by atoms with van der Waals surface area (Å²) in [5, 5.41) is 26.5. The van der Waals surface area contributed by atoms with Crippen molar-refractivity contribution in [1.82, 2.24) is 34.7 Å². The maximum atomic E-state index is 9.95. The molecule has 4 heterocycles. The Bertz CT molecular complexity index is 1350. The SMILES string of the molecule is CCOc1nn(C(C)CO)c2c1/C=C/c1[nH]nc(N)c1/C=C(\N)c1c(COC)nn(C)c1OC(C)CN(C)C2. The summed E-state index contributed by atoms with van der Waals surface area (Å²) in [5.41, 5.74) is 17.6. The third-order valence-electron chi connectivity index (χ3n) is 6.50. The first-order valence-corrected chi connectivity index (χ1v) is 12.9. The summed E-state index contributed by atoms with van der Waals surface area (Å²) in [6, 6.07) is -0.247. The second-order valence-corrected chi connectivity index (χ2v) is 9.75. The lowest BCUT2D eigenvalue weighted by Gasteiger charge is -2.24. The van der Waals surface area contributed by atoms with Crippen LogP contribution >= 0.6 is 0 Å². The smallest absolute Gasteiger partial charge is 0.240 e. The van der Waals surface area contributed by atoms with Crippen LogP contribution in [-0.4, -0.2) is 79.8 Å². The van der Waals surface area contributed by atoms with Crippen molar-refractivity contribution >= 4 is 29.7 Å². The molecular formula is C26H39N9O4. The van der Waals surface area contributed by atoms with Gasteiger partial charge >= 0.3 is 0 Å². The number of methoxy groups -OCH3 is 1. The lowest BCUT2D eigenvalue weighted by atomic mass is 10.1. The van der Waals surface area contributed by atoms with E-state index in [0.717, 1.165) is 11.3 Å². The first-order chi connectivity index (χ1) is 18.7. The number of likely N-dealkylation sites (N-methyl/N-ethyl adjacent to an activating group) is 1. The lowest BCUT2D eigenvalue weighted by molar-refractivity contribution is 0.144. The first kappa shape index (κ1) is 28.2. The third-order valence-corrected chi connectivity index (χ3v) is 6.50. The minimum Gasteiger partial charge on any atom is -0.476 e. The van der Waals surface area contributed by atoms with Crippen molar-refractivity contribution in [3.63, 3.8) is 0 Å². The van der Waals surface area contributed by atoms with Gasteiger partial charge in [-0.3, -0.25) is 14.7 Å². The average Bonchev–Trinajstić information content (AvgIpc) is 3.51. The summed E-state index contributed by atoms with van der Waals surface area (Å²) in [6.07, 6.45) is 5.34. The molecule has 0 radical (unpaired) electrons. The molecule has 0 amide bonds. The quantitative estimate of drug-likeness (QED) is 0.361. The van der Waals surface area contributed by atoms with Crippen molar-refractivity contribution in [2.75, 3.05) is 39.6 Å². The second kappa shape index (κ2) is 11.9. The molecule has 212 valence electrons. The molecule has 0 aromatic carbocycles. The lowest BCUT2D eigenvalue weighted by Crippen LogP contribution is -2.32. The largest absolute Gasteiger partial charge is 0.476 e. The highest BCUT2D eigenvalue weighted by atomic mass is 16.5. The molecule has 3 aromatic rings. The molecule has 4 rings (SSSR count). The third kappa shape index (κ3) is 5.79. The summed E-state index contributed by atoms with van der Waals surface area (Å²) in [7, 11) is 5.43. The molecule has 1 aliphatic heterocycles. The van der Waals surface area contributed by atoms with Crippen LogP contribution in [0.2, 0.25) is 0 Å². The average molecular weight is 542 g/mol. The van der Waals surface area contributed by atoms with Crippen LogP contribution in [0.1, 0.15) is 60.6 Å². The molecule has 2 unspecified atom stereocenters. The number of H-pyrrole nitrogens is 1. The number of ether oxygens (including phenoxy) is 3. The van der Waals surface area contributed by atoms with Gasteiger partial charge in [0, 0.05) is 38.5 Å². The van der Waals surface area contributed by atoms with Crippen LogP contribution in [0.4, 0.5) is 5.82 Å². The van der Waals surface area contributed by atoms with Gasteiger partial charge in [0.1, 0.15) is 11.8 Å². The normalized spacial score (nSPS) is 19.5. The fourth-order valence-corrected chi connectivity index (χ4v) is 4.73. The molecular weight excluding hydrogens is 502 g/mol. The summed E-state index contributed by atoms with van der Waals surface area (Å²) < 4.78 is 21.2. The molecule has 1 aliphatic rings. The zero-order valence-electron chi connectivity index (χ0n) is 23.4. The monoisotopic (exact) mass is 541 g/mol. The molecule has 0 aliphatic carbocycles. The molecule has 0 spiro atoms. The predicted molar refractivity (Wildman–Crippen MR) is 150 cm³/mol.